The lowest BCUT2D eigenvalue weighted by Gasteiger charge is -2.64. The molecule has 174 valence electrons. The molecule has 0 unspecified atom stereocenters. The fraction of sp³-hybridized carbons (Fsp3) is 1.00. The van der Waals surface area contributed by atoms with Crippen molar-refractivity contribution in [1.29, 1.82) is 0 Å². The second-order valence-electron chi connectivity index (χ2n) is 13.9. The van der Waals surface area contributed by atoms with Gasteiger partial charge >= 0.3 is 0 Å². The van der Waals surface area contributed by atoms with Gasteiger partial charge in [-0.15, -0.1) is 0 Å². The quantitative estimate of drug-likeness (QED) is 0.480. The Morgan fingerprint density at radius 1 is 0.767 bits per heavy atom. The highest BCUT2D eigenvalue weighted by atomic mass is 16.3. The molecular formula is C29H52O. The van der Waals surface area contributed by atoms with Crippen molar-refractivity contribution in [2.45, 2.75) is 125 Å². The van der Waals surface area contributed by atoms with Gasteiger partial charge in [0.15, 0.2) is 0 Å². The monoisotopic (exact) mass is 416 g/mol. The van der Waals surface area contributed by atoms with Gasteiger partial charge in [0.25, 0.3) is 0 Å². The molecule has 0 heterocycles. The van der Waals surface area contributed by atoms with Crippen LogP contribution in [0.25, 0.3) is 0 Å². The minimum atomic E-state index is -0.0940. The molecule has 30 heavy (non-hydrogen) atoms. The molecule has 0 bridgehead atoms. The lowest BCUT2D eigenvalue weighted by molar-refractivity contribution is -0.179. The number of hydrogen-bond acceptors (Lipinski definition) is 1. The third kappa shape index (κ3) is 3.52. The summed E-state index contributed by atoms with van der Waals surface area (Å²) in [6.45, 7) is 17.4. The predicted molar refractivity (Wildman–Crippen MR) is 128 cm³/mol. The zero-order valence-corrected chi connectivity index (χ0v) is 21.3. The Morgan fingerprint density at radius 2 is 1.43 bits per heavy atom. The van der Waals surface area contributed by atoms with Crippen LogP contribution in [0.15, 0.2) is 0 Å². The first-order valence-corrected chi connectivity index (χ1v) is 13.7. The van der Waals surface area contributed by atoms with Crippen molar-refractivity contribution in [3.63, 3.8) is 0 Å². The van der Waals surface area contributed by atoms with E-state index in [0.717, 1.165) is 41.9 Å². The average Bonchev–Trinajstić information content (AvgIpc) is 3.02. The van der Waals surface area contributed by atoms with E-state index in [0.29, 0.717) is 16.7 Å². The molecule has 0 radical (unpaired) electrons. The Kier molecular flexibility index (Phi) is 6.22. The number of rotatable bonds is 5. The average molecular weight is 417 g/mol. The van der Waals surface area contributed by atoms with E-state index in [1.807, 2.05) is 0 Å². The van der Waals surface area contributed by atoms with Crippen LogP contribution < -0.4 is 0 Å². The lowest BCUT2D eigenvalue weighted by Crippen LogP contribution is -2.59. The highest BCUT2D eigenvalue weighted by Crippen LogP contribution is 2.70. The van der Waals surface area contributed by atoms with Crippen molar-refractivity contribution >= 4 is 0 Å². The summed E-state index contributed by atoms with van der Waals surface area (Å²) in [6.07, 6.45) is 15.2. The van der Waals surface area contributed by atoms with Gasteiger partial charge in [0.1, 0.15) is 0 Å². The summed E-state index contributed by atoms with van der Waals surface area (Å²) in [4.78, 5) is 0. The zero-order valence-electron chi connectivity index (χ0n) is 21.3. The molecule has 9 atom stereocenters. The van der Waals surface area contributed by atoms with E-state index in [-0.39, 0.29) is 11.5 Å². The van der Waals surface area contributed by atoms with Gasteiger partial charge < -0.3 is 5.11 Å². The third-order valence-electron chi connectivity index (χ3n) is 11.8. The van der Waals surface area contributed by atoms with Crippen LogP contribution in [0, 0.1) is 57.7 Å². The third-order valence-corrected chi connectivity index (χ3v) is 11.8. The number of aliphatic hydroxyl groups excluding tert-OH is 1. The zero-order chi connectivity index (χ0) is 21.9. The maximum Gasteiger partial charge on any atom is 0.0594 e. The molecule has 0 saturated heterocycles. The molecule has 0 aliphatic heterocycles. The Morgan fingerprint density at radius 3 is 2.13 bits per heavy atom. The molecule has 1 heteroatoms. The van der Waals surface area contributed by atoms with Crippen molar-refractivity contribution in [2.75, 3.05) is 0 Å². The summed E-state index contributed by atoms with van der Waals surface area (Å²) in [5.74, 6) is 6.29. The van der Waals surface area contributed by atoms with E-state index in [9.17, 15) is 5.11 Å². The molecule has 0 aromatic heterocycles. The van der Waals surface area contributed by atoms with Gasteiger partial charge in [0, 0.05) is 0 Å². The van der Waals surface area contributed by atoms with E-state index < -0.39 is 0 Å². The number of fused-ring (bicyclic) bond motifs is 5. The molecule has 0 amide bonds. The SMILES string of the molecule is CC(C)CCC[C@@H](C)[C@H]1CC[C@H]2[C@@H]3CC[C@H]4C(C)(C)[C@@H](O)CC[C@]4(C)[C@H]3CC[C@]12C. The topological polar surface area (TPSA) is 20.2 Å². The second kappa shape index (κ2) is 8.07. The number of hydrogen-bond donors (Lipinski definition) is 1. The lowest BCUT2D eigenvalue weighted by atomic mass is 9.41. The molecule has 4 aliphatic carbocycles. The van der Waals surface area contributed by atoms with Crippen molar-refractivity contribution < 1.29 is 5.11 Å². The standard InChI is InChI=1S/C29H52O/c1-19(2)9-8-10-20(3)22-12-13-23-21-11-14-25-27(4,5)26(30)16-18-29(25,7)24(21)15-17-28(22,23)6/h19-26,30H,8-18H2,1-7H3/t20-,21+,22-,23+,24+,25+,26+,28-,29-/m1/s1. The van der Waals surface area contributed by atoms with Crippen LogP contribution in [-0.4, -0.2) is 11.2 Å². The predicted octanol–water partition coefficient (Wildman–Crippen LogP) is 8.10. The normalized spacial score (nSPS) is 48.7. The van der Waals surface area contributed by atoms with E-state index in [2.05, 4.69) is 48.5 Å². The summed E-state index contributed by atoms with van der Waals surface area (Å²) in [5, 5.41) is 10.8. The number of aliphatic hydroxyl groups is 1. The summed E-state index contributed by atoms with van der Waals surface area (Å²) in [7, 11) is 0. The summed E-state index contributed by atoms with van der Waals surface area (Å²) in [6, 6.07) is 0. The molecule has 4 fully saturated rings. The van der Waals surface area contributed by atoms with Crippen molar-refractivity contribution in [3.05, 3.63) is 0 Å². The largest absolute Gasteiger partial charge is 0.393 e. The van der Waals surface area contributed by atoms with Crippen molar-refractivity contribution in [2.24, 2.45) is 57.7 Å². The molecule has 0 spiro atoms. The Balaban J connectivity index is 1.50. The van der Waals surface area contributed by atoms with E-state index in [1.165, 1.54) is 64.2 Å². The summed E-state index contributed by atoms with van der Waals surface area (Å²) >= 11 is 0. The van der Waals surface area contributed by atoms with Gasteiger partial charge in [-0.3, -0.25) is 0 Å². The van der Waals surface area contributed by atoms with Crippen LogP contribution in [0.1, 0.15) is 119 Å². The smallest absolute Gasteiger partial charge is 0.0594 e. The first-order chi connectivity index (χ1) is 14.0. The summed E-state index contributed by atoms with van der Waals surface area (Å²) < 4.78 is 0. The molecule has 1 nitrogen and oxygen atoms in total. The maximum absolute atomic E-state index is 10.8. The van der Waals surface area contributed by atoms with Gasteiger partial charge in [-0.25, -0.2) is 0 Å². The molecule has 4 aliphatic rings. The van der Waals surface area contributed by atoms with Crippen LogP contribution in [0.2, 0.25) is 0 Å². The molecular weight excluding hydrogens is 364 g/mol. The van der Waals surface area contributed by atoms with E-state index in [1.54, 1.807) is 0 Å². The van der Waals surface area contributed by atoms with Crippen LogP contribution in [0.4, 0.5) is 0 Å². The van der Waals surface area contributed by atoms with Gasteiger partial charge in [0.05, 0.1) is 6.10 Å². The van der Waals surface area contributed by atoms with Gasteiger partial charge in [-0.1, -0.05) is 67.7 Å². The molecule has 0 aromatic carbocycles. The fourth-order valence-electron chi connectivity index (χ4n) is 10.1. The van der Waals surface area contributed by atoms with E-state index in [4.69, 9.17) is 0 Å². The molecule has 4 rings (SSSR count). The summed E-state index contributed by atoms with van der Waals surface area (Å²) in [5.41, 5.74) is 1.17. The molecule has 1 N–H and O–H groups in total. The van der Waals surface area contributed by atoms with Gasteiger partial charge in [-0.2, -0.15) is 0 Å². The van der Waals surface area contributed by atoms with Gasteiger partial charge in [0.2, 0.25) is 0 Å². The molecule has 0 aromatic rings. The van der Waals surface area contributed by atoms with Crippen LogP contribution in [0.3, 0.4) is 0 Å². The second-order valence-corrected chi connectivity index (χ2v) is 13.9. The fourth-order valence-corrected chi connectivity index (χ4v) is 10.1. The highest BCUT2D eigenvalue weighted by molar-refractivity contribution is 5.12. The minimum absolute atomic E-state index is 0.0940. The van der Waals surface area contributed by atoms with Crippen molar-refractivity contribution in [3.8, 4) is 0 Å². The maximum atomic E-state index is 10.8. The van der Waals surface area contributed by atoms with Crippen molar-refractivity contribution in [1.82, 2.24) is 0 Å². The molecule has 4 saturated carbocycles. The van der Waals surface area contributed by atoms with Gasteiger partial charge in [-0.05, 0) is 109 Å². The first kappa shape index (κ1) is 23.1. The van der Waals surface area contributed by atoms with Crippen LogP contribution in [-0.2, 0) is 0 Å². The van der Waals surface area contributed by atoms with Crippen LogP contribution in [0.5, 0.6) is 0 Å². The first-order valence-electron chi connectivity index (χ1n) is 13.7. The minimum Gasteiger partial charge on any atom is -0.393 e. The Hall–Kier alpha value is -0.0400. The van der Waals surface area contributed by atoms with Crippen LogP contribution >= 0.6 is 0 Å². The Bertz CT molecular complexity index is 607. The highest BCUT2D eigenvalue weighted by Gasteiger charge is 2.63. The Labute approximate surface area is 188 Å². The van der Waals surface area contributed by atoms with E-state index >= 15 is 0 Å².